The van der Waals surface area contributed by atoms with Crippen LogP contribution in [0.15, 0.2) is 47.6 Å². The Morgan fingerprint density at radius 3 is 2.46 bits per heavy atom. The number of fused-ring (bicyclic) bond motifs is 1. The lowest BCUT2D eigenvalue weighted by atomic mass is 9.86. The molecule has 1 aromatic heterocycles. The van der Waals surface area contributed by atoms with E-state index in [1.165, 1.54) is 0 Å². The van der Waals surface area contributed by atoms with Gasteiger partial charge in [-0.1, -0.05) is 64.2 Å². The number of aromatic nitrogens is 1. The number of aliphatic imine (C=N–C) groups is 1. The Balaban J connectivity index is 1.55. The monoisotopic (exact) mass is 563 g/mol. The number of guanidine groups is 1. The smallest absolute Gasteiger partial charge is 0.323 e. The van der Waals surface area contributed by atoms with Crippen LogP contribution in [0.4, 0.5) is 5.69 Å². The molecule has 0 radical (unpaired) electrons. The quantitative estimate of drug-likeness (QED) is 0.279. The standard InChI is InChI=1S/C32H45N5O4/c1-3-11-23(12-4-2)28(17-18-30(38)36(22-31(39)40)25-13-7-5-8-14-25)37-21-24-19-29(34-20-27(24)35-32(37)33)41-26-15-9-6-10-16-26/h6,9-10,15-16,19-20,23,25,28H,3-5,7-8,11-14,17-18,21-22H2,1-2H3,(H2,33,35)(H,39,40)/t28-/m0/s1. The number of carboxylic acid groups (broad SMARTS) is 1. The number of para-hydroxylation sites is 1. The summed E-state index contributed by atoms with van der Waals surface area (Å²) in [7, 11) is 0. The van der Waals surface area contributed by atoms with E-state index in [0.29, 0.717) is 36.5 Å². The zero-order valence-corrected chi connectivity index (χ0v) is 24.5. The molecule has 0 spiro atoms. The van der Waals surface area contributed by atoms with Crippen LogP contribution in [0.25, 0.3) is 0 Å². The van der Waals surface area contributed by atoms with Crippen molar-refractivity contribution in [1.82, 2.24) is 14.8 Å². The van der Waals surface area contributed by atoms with Crippen molar-refractivity contribution in [1.29, 1.82) is 0 Å². The van der Waals surface area contributed by atoms with Gasteiger partial charge in [0.25, 0.3) is 0 Å². The van der Waals surface area contributed by atoms with Crippen LogP contribution < -0.4 is 10.5 Å². The number of pyridine rings is 1. The van der Waals surface area contributed by atoms with Gasteiger partial charge in [-0.15, -0.1) is 0 Å². The Hall–Kier alpha value is -3.62. The lowest BCUT2D eigenvalue weighted by molar-refractivity contribution is -0.147. The molecule has 0 unspecified atom stereocenters. The molecule has 1 aromatic carbocycles. The van der Waals surface area contributed by atoms with Gasteiger partial charge in [0, 0.05) is 36.7 Å². The molecule has 2 aliphatic rings. The molecule has 1 aliphatic heterocycles. The van der Waals surface area contributed by atoms with Crippen molar-refractivity contribution in [3.8, 4) is 11.6 Å². The second-order valence-corrected chi connectivity index (χ2v) is 11.3. The SMILES string of the molecule is CCCC(CCC)[C@H](CCC(=O)N(CC(=O)O)C1CCCCC1)N1Cc2cc(Oc3ccccc3)ncc2N=C1N. The van der Waals surface area contributed by atoms with E-state index in [4.69, 9.17) is 15.5 Å². The van der Waals surface area contributed by atoms with Gasteiger partial charge in [0.15, 0.2) is 5.96 Å². The number of carbonyl (C=O) groups is 2. The van der Waals surface area contributed by atoms with Gasteiger partial charge < -0.3 is 25.4 Å². The molecule has 1 atom stereocenters. The number of nitrogens with zero attached hydrogens (tertiary/aromatic N) is 4. The van der Waals surface area contributed by atoms with Crippen molar-refractivity contribution < 1.29 is 19.4 Å². The molecule has 9 heteroatoms. The van der Waals surface area contributed by atoms with Gasteiger partial charge in [-0.2, -0.15) is 0 Å². The molecule has 2 aromatic rings. The molecule has 1 amide bonds. The molecular weight excluding hydrogens is 518 g/mol. The normalized spacial score (nSPS) is 16.2. The number of nitrogens with two attached hydrogens (primary N) is 1. The molecule has 2 heterocycles. The summed E-state index contributed by atoms with van der Waals surface area (Å²) >= 11 is 0. The average Bonchev–Trinajstić information content (AvgIpc) is 2.97. The van der Waals surface area contributed by atoms with E-state index in [9.17, 15) is 14.7 Å². The Bertz CT molecular complexity index is 1180. The number of carbonyl (C=O) groups excluding carboxylic acids is 1. The molecule has 4 rings (SSSR count). The fourth-order valence-corrected chi connectivity index (χ4v) is 6.39. The highest BCUT2D eigenvalue weighted by molar-refractivity contribution is 5.84. The van der Waals surface area contributed by atoms with Gasteiger partial charge in [0.1, 0.15) is 12.3 Å². The van der Waals surface area contributed by atoms with Gasteiger partial charge in [0.05, 0.1) is 11.9 Å². The summed E-state index contributed by atoms with van der Waals surface area (Å²) in [5, 5.41) is 9.57. The summed E-state index contributed by atoms with van der Waals surface area (Å²) in [5.74, 6) is 0.931. The van der Waals surface area contributed by atoms with E-state index in [-0.39, 0.29) is 31.0 Å². The first kappa shape index (κ1) is 30.3. The predicted octanol–water partition coefficient (Wildman–Crippen LogP) is 6.25. The number of benzene rings is 1. The number of ether oxygens (including phenoxy) is 1. The first-order chi connectivity index (χ1) is 19.9. The van der Waals surface area contributed by atoms with Crippen LogP contribution in [0, 0.1) is 5.92 Å². The molecule has 0 saturated heterocycles. The van der Waals surface area contributed by atoms with E-state index in [1.807, 2.05) is 36.4 Å². The van der Waals surface area contributed by atoms with Crippen LogP contribution in [0.1, 0.15) is 90.0 Å². The molecule has 3 N–H and O–H groups in total. The van der Waals surface area contributed by atoms with Crippen molar-refractivity contribution in [2.24, 2.45) is 16.6 Å². The second-order valence-electron chi connectivity index (χ2n) is 11.3. The van der Waals surface area contributed by atoms with Crippen molar-refractivity contribution in [3.05, 3.63) is 48.2 Å². The van der Waals surface area contributed by atoms with Crippen molar-refractivity contribution in [2.45, 2.75) is 103 Å². The Morgan fingerprint density at radius 2 is 1.80 bits per heavy atom. The summed E-state index contributed by atoms with van der Waals surface area (Å²) in [6.45, 7) is 4.68. The minimum Gasteiger partial charge on any atom is -0.480 e. The maximum absolute atomic E-state index is 13.6. The maximum Gasteiger partial charge on any atom is 0.323 e. The Kier molecular flexibility index (Phi) is 11.0. The molecule has 41 heavy (non-hydrogen) atoms. The number of hydrogen-bond acceptors (Lipinski definition) is 7. The van der Waals surface area contributed by atoms with E-state index in [2.05, 4.69) is 23.7 Å². The zero-order chi connectivity index (χ0) is 29.2. The van der Waals surface area contributed by atoms with E-state index in [0.717, 1.165) is 69.0 Å². The van der Waals surface area contributed by atoms with Gasteiger partial charge in [0.2, 0.25) is 11.8 Å². The van der Waals surface area contributed by atoms with E-state index in [1.54, 1.807) is 11.1 Å². The Labute approximate surface area is 243 Å². The maximum atomic E-state index is 13.6. The lowest BCUT2D eigenvalue weighted by Gasteiger charge is -2.40. The van der Waals surface area contributed by atoms with E-state index >= 15 is 0 Å². The minimum atomic E-state index is -0.957. The number of rotatable bonds is 14. The molecule has 222 valence electrons. The summed E-state index contributed by atoms with van der Waals surface area (Å²) in [4.78, 5) is 38.1. The number of amides is 1. The largest absolute Gasteiger partial charge is 0.480 e. The van der Waals surface area contributed by atoms with Crippen molar-refractivity contribution in [2.75, 3.05) is 6.54 Å². The van der Waals surface area contributed by atoms with Crippen LogP contribution in [-0.2, 0) is 16.1 Å². The van der Waals surface area contributed by atoms with Gasteiger partial charge in [-0.3, -0.25) is 9.59 Å². The first-order valence-corrected chi connectivity index (χ1v) is 15.2. The van der Waals surface area contributed by atoms with E-state index < -0.39 is 5.97 Å². The summed E-state index contributed by atoms with van der Waals surface area (Å²) in [6, 6.07) is 11.5. The highest BCUT2D eigenvalue weighted by Crippen LogP contribution is 2.34. The Morgan fingerprint density at radius 1 is 1.10 bits per heavy atom. The van der Waals surface area contributed by atoms with Gasteiger partial charge >= 0.3 is 5.97 Å². The van der Waals surface area contributed by atoms with Gasteiger partial charge in [-0.25, -0.2) is 9.98 Å². The van der Waals surface area contributed by atoms with Crippen LogP contribution in [0.5, 0.6) is 11.6 Å². The number of aliphatic carboxylic acids is 1. The molecule has 0 bridgehead atoms. The lowest BCUT2D eigenvalue weighted by Crippen LogP contribution is -2.50. The third-order valence-corrected chi connectivity index (χ3v) is 8.34. The van der Waals surface area contributed by atoms with Crippen LogP contribution >= 0.6 is 0 Å². The molecule has 1 aliphatic carbocycles. The third kappa shape index (κ3) is 8.21. The molecule has 1 fully saturated rings. The molecule has 1 saturated carbocycles. The van der Waals surface area contributed by atoms with Crippen LogP contribution in [0.2, 0.25) is 0 Å². The second kappa shape index (κ2) is 14.8. The fourth-order valence-electron chi connectivity index (χ4n) is 6.39. The van der Waals surface area contributed by atoms with Crippen LogP contribution in [-0.4, -0.2) is 56.4 Å². The minimum absolute atomic E-state index is 0.000408. The molecule has 9 nitrogen and oxygen atoms in total. The highest BCUT2D eigenvalue weighted by atomic mass is 16.5. The third-order valence-electron chi connectivity index (χ3n) is 8.34. The summed E-state index contributed by atoms with van der Waals surface area (Å²) < 4.78 is 5.98. The average molecular weight is 564 g/mol. The van der Waals surface area contributed by atoms with Gasteiger partial charge in [-0.05, 0) is 50.2 Å². The summed E-state index contributed by atoms with van der Waals surface area (Å²) in [6.07, 6.45) is 11.6. The number of hydrogen-bond donors (Lipinski definition) is 2. The zero-order valence-electron chi connectivity index (χ0n) is 24.5. The fraction of sp³-hybridized carbons (Fsp3) is 0.562. The highest BCUT2D eigenvalue weighted by Gasteiger charge is 2.33. The van der Waals surface area contributed by atoms with Crippen LogP contribution in [0.3, 0.4) is 0 Å². The summed E-state index contributed by atoms with van der Waals surface area (Å²) in [5.41, 5.74) is 8.27. The van der Waals surface area contributed by atoms with Crippen molar-refractivity contribution in [3.63, 3.8) is 0 Å². The molecular formula is C32H45N5O4. The predicted molar refractivity (Wildman–Crippen MR) is 160 cm³/mol. The topological polar surface area (TPSA) is 121 Å². The van der Waals surface area contributed by atoms with Crippen molar-refractivity contribution >= 4 is 23.5 Å². The first-order valence-electron chi connectivity index (χ1n) is 15.2. The number of carboxylic acids is 1.